The predicted molar refractivity (Wildman–Crippen MR) is 269 cm³/mol. The number of carbonyl (C=O) groups excluding carboxylic acids is 1. The van der Waals surface area contributed by atoms with Crippen LogP contribution in [0.5, 0.6) is 0 Å². The summed E-state index contributed by atoms with van der Waals surface area (Å²) < 4.78 is 99.7. The molecule has 9 rings (SSSR count). The number of phosphoric acid groups is 1. The maximum atomic E-state index is 15.9. The molecule has 400 valence electrons. The maximum absolute atomic E-state index is 15.9. The van der Waals surface area contributed by atoms with Crippen molar-refractivity contribution in [3.63, 3.8) is 0 Å². The Balaban J connectivity index is 1.13. The number of H-pyrrole nitrogens is 1. The van der Waals surface area contributed by atoms with E-state index in [9.17, 15) is 24.5 Å². The van der Waals surface area contributed by atoms with Crippen molar-refractivity contribution in [3.8, 4) is 6.07 Å². The standard InChI is InChI=1S/C44H58FN9O15P2SSi2/c1-24(2)73(59,25(3)4)69-74(26(5)6,27(7)8)68-33-30-18-62-71(58,72)67-36-35-43(54-23-51-32-37(47-21-49-39(32)54)52-40(55)28-13-10-9-11-14-28)65-44(36,19-60-35)20-63-70(57,61-16-12-15-46)66-34(33)42(64-30)53-17-29(45)31-38(53)48-22-50-41(31)56/h9-11,13-14,17,21-27,30,33-36,42-43,59H,12,16,18-20H2,1-8H3,(H,58,72)(H,48,50,56)(H,47,49,52,55)/t30-,33-,34-,35-,36+,42-,43?,44-,70?,71?/m1/s1. The summed E-state index contributed by atoms with van der Waals surface area (Å²) in [5, 5.41) is 12.0. The molecule has 4 saturated heterocycles. The van der Waals surface area contributed by atoms with Crippen LogP contribution in [-0.2, 0) is 61.7 Å². The molecule has 4 aliphatic heterocycles. The van der Waals surface area contributed by atoms with Crippen molar-refractivity contribution in [3.05, 3.63) is 77.2 Å². The molecule has 8 heterocycles. The van der Waals surface area contributed by atoms with Crippen molar-refractivity contribution < 1.29 is 68.8 Å². The number of nitriles is 1. The lowest BCUT2D eigenvalue weighted by atomic mass is 10.0. The highest BCUT2D eigenvalue weighted by atomic mass is 32.5. The molecule has 3 unspecified atom stereocenters. The highest BCUT2D eigenvalue weighted by molar-refractivity contribution is 8.07. The molecule has 74 heavy (non-hydrogen) atoms. The van der Waals surface area contributed by atoms with E-state index in [1.807, 2.05) is 61.5 Å². The molecule has 0 spiro atoms. The van der Waals surface area contributed by atoms with Gasteiger partial charge in [-0.05, 0) is 46.1 Å². The summed E-state index contributed by atoms with van der Waals surface area (Å²) in [4.78, 5) is 70.6. The Kier molecular flexibility index (Phi) is 15.6. The second-order valence-electron chi connectivity index (χ2n) is 19.7. The minimum atomic E-state index is -5.05. The van der Waals surface area contributed by atoms with Crippen LogP contribution in [0.4, 0.5) is 10.2 Å². The quantitative estimate of drug-likeness (QED) is 0.0493. The third kappa shape index (κ3) is 10.1. The third-order valence-corrected chi connectivity index (χ3v) is 26.5. The van der Waals surface area contributed by atoms with Gasteiger partial charge < -0.3 is 51.8 Å². The zero-order chi connectivity index (χ0) is 53.1. The lowest BCUT2D eigenvalue weighted by Gasteiger charge is -2.47. The molecule has 4 aromatic heterocycles. The first-order valence-electron chi connectivity index (χ1n) is 24.0. The van der Waals surface area contributed by atoms with E-state index in [-0.39, 0.29) is 57.8 Å². The Morgan fingerprint density at radius 1 is 1.00 bits per heavy atom. The van der Waals surface area contributed by atoms with Gasteiger partial charge >= 0.3 is 31.7 Å². The number of nitrogens with one attached hydrogen (secondary N) is 2. The van der Waals surface area contributed by atoms with Gasteiger partial charge in [0, 0.05) is 11.8 Å². The SMILES string of the molecule is CC(C)[Si](O)(O[Si](O[C@H]1[C@H]2OP(=O)(OCCC#N)OC[C@@]34CO[C@@H](C(n5cnc6c(NC(=O)c7ccccc7)ncnc65)O3)[C@@H]4OP(O)(=S)OC[C@H]1O[C@H]2n1cc(F)c2c(=O)[nH]cnc21)(C(C)C)C(C)C)C(C)C. The minimum Gasteiger partial charge on any atom is -0.414 e. The summed E-state index contributed by atoms with van der Waals surface area (Å²) in [6.45, 7) is 8.61. The number of hydrogen-bond donors (Lipinski definition) is 4. The number of carbonyl (C=O) groups is 1. The van der Waals surface area contributed by atoms with Crippen LogP contribution in [0.15, 0.2) is 60.3 Å². The summed E-state index contributed by atoms with van der Waals surface area (Å²) in [5.74, 6) is -1.33. The van der Waals surface area contributed by atoms with E-state index in [4.69, 9.17) is 57.2 Å². The van der Waals surface area contributed by atoms with Crippen LogP contribution in [0, 0.1) is 17.1 Å². The van der Waals surface area contributed by atoms with Gasteiger partial charge in [-0.25, -0.2) is 28.9 Å². The van der Waals surface area contributed by atoms with Crippen molar-refractivity contribution in [1.82, 2.24) is 34.1 Å². The van der Waals surface area contributed by atoms with Crippen LogP contribution in [0.2, 0.25) is 22.2 Å². The number of imidazole rings is 1. The van der Waals surface area contributed by atoms with Crippen LogP contribution < -0.4 is 10.9 Å². The fourth-order valence-corrected chi connectivity index (χ4v) is 22.7. The molecule has 4 aliphatic rings. The Morgan fingerprint density at radius 3 is 2.42 bits per heavy atom. The molecule has 24 nitrogen and oxygen atoms in total. The molecule has 1 amide bonds. The largest absolute Gasteiger partial charge is 0.475 e. The zero-order valence-electron chi connectivity index (χ0n) is 41.6. The van der Waals surface area contributed by atoms with Gasteiger partial charge in [0.1, 0.15) is 47.8 Å². The average Bonchev–Trinajstić information content (AvgIpc) is 4.17. The van der Waals surface area contributed by atoms with Gasteiger partial charge in [-0.15, -0.1) is 0 Å². The van der Waals surface area contributed by atoms with Gasteiger partial charge in [-0.3, -0.25) is 32.3 Å². The van der Waals surface area contributed by atoms with Crippen molar-refractivity contribution in [2.75, 3.05) is 31.7 Å². The number of ether oxygens (including phenoxy) is 3. The number of anilines is 1. The zero-order valence-corrected chi connectivity index (χ0v) is 46.2. The first-order valence-corrected chi connectivity index (χ1v) is 32.0. The van der Waals surface area contributed by atoms with Crippen LogP contribution >= 0.6 is 14.5 Å². The van der Waals surface area contributed by atoms with E-state index in [1.54, 1.807) is 30.3 Å². The number of halogens is 1. The molecular formula is C44H58FN9O15P2SSi2. The monoisotopic (exact) mass is 1120 g/mol. The first-order chi connectivity index (χ1) is 35.1. The molecule has 0 radical (unpaired) electrons. The van der Waals surface area contributed by atoms with Crippen molar-refractivity contribution >= 4 is 77.4 Å². The number of benzene rings is 1. The van der Waals surface area contributed by atoms with E-state index in [0.717, 1.165) is 12.5 Å². The Morgan fingerprint density at radius 2 is 1.73 bits per heavy atom. The van der Waals surface area contributed by atoms with Gasteiger partial charge in [0.25, 0.3) is 11.5 Å². The second-order valence-corrected chi connectivity index (χ2v) is 32.7. The topological polar surface area (TPSA) is 297 Å². The summed E-state index contributed by atoms with van der Waals surface area (Å²) in [5.41, 5.74) is -3.36. The smallest absolute Gasteiger partial charge is 0.414 e. The molecule has 0 saturated carbocycles. The molecule has 4 fully saturated rings. The number of amides is 1. The molecule has 0 aliphatic carbocycles. The van der Waals surface area contributed by atoms with E-state index in [2.05, 4.69) is 30.2 Å². The number of nitrogens with zero attached hydrogens (tertiary/aromatic N) is 7. The molecule has 4 bridgehead atoms. The molecule has 30 heteroatoms. The van der Waals surface area contributed by atoms with Crippen molar-refractivity contribution in [2.24, 2.45) is 0 Å². The fraction of sp³-hybridized carbons (Fsp3) is 0.568. The number of fused-ring (bicyclic) bond motifs is 4. The lowest BCUT2D eigenvalue weighted by Crippen LogP contribution is -2.62. The van der Waals surface area contributed by atoms with Gasteiger partial charge in [-0.1, -0.05) is 73.6 Å². The van der Waals surface area contributed by atoms with E-state index in [1.165, 1.54) is 21.8 Å². The Bertz CT molecular complexity index is 3080. The number of hydrogen-bond acceptors (Lipinski definition) is 20. The summed E-state index contributed by atoms with van der Waals surface area (Å²) in [6.07, 6.45) is -5.18. The highest BCUT2D eigenvalue weighted by Crippen LogP contribution is 2.61. The van der Waals surface area contributed by atoms with Gasteiger partial charge in [0.2, 0.25) is 0 Å². The van der Waals surface area contributed by atoms with Crippen molar-refractivity contribution in [2.45, 2.75) is 133 Å². The van der Waals surface area contributed by atoms with Crippen LogP contribution in [0.3, 0.4) is 0 Å². The first kappa shape index (κ1) is 54.7. The van der Waals surface area contributed by atoms with Crippen molar-refractivity contribution in [1.29, 1.82) is 5.26 Å². The highest BCUT2D eigenvalue weighted by Gasteiger charge is 2.67. The minimum absolute atomic E-state index is 0.0976. The summed E-state index contributed by atoms with van der Waals surface area (Å²) in [6, 6.07) is 10.4. The number of rotatable bonds is 15. The summed E-state index contributed by atoms with van der Waals surface area (Å²) >= 11 is 5.73. The normalized spacial score (nSPS) is 29.7. The summed E-state index contributed by atoms with van der Waals surface area (Å²) in [7, 11) is -12.5. The Hall–Kier alpha value is -4.09. The van der Waals surface area contributed by atoms with E-state index in [0.29, 0.717) is 5.56 Å². The van der Waals surface area contributed by atoms with E-state index >= 15 is 8.96 Å². The van der Waals surface area contributed by atoms with Crippen LogP contribution in [0.1, 0.15) is 84.6 Å². The lowest BCUT2D eigenvalue weighted by molar-refractivity contribution is -0.184. The number of phosphoric ester groups is 1. The second kappa shape index (κ2) is 21.0. The molecule has 10 atom stereocenters. The van der Waals surface area contributed by atoms with E-state index < -0.39 is 123 Å². The van der Waals surface area contributed by atoms with Gasteiger partial charge in [0.15, 0.2) is 40.9 Å². The molecule has 1 aromatic carbocycles. The number of aromatic amines is 1. The van der Waals surface area contributed by atoms with Gasteiger partial charge in [-0.2, -0.15) is 5.26 Å². The van der Waals surface area contributed by atoms with Gasteiger partial charge in [0.05, 0.1) is 51.6 Å². The fourth-order valence-electron chi connectivity index (χ4n) is 9.89. The molecule has 5 aromatic rings. The predicted octanol–water partition coefficient (Wildman–Crippen LogP) is 6.51. The molecular weight excluding hydrogens is 1060 g/mol. The Labute approximate surface area is 431 Å². The maximum Gasteiger partial charge on any atom is 0.475 e. The van der Waals surface area contributed by atoms with Crippen LogP contribution in [0.25, 0.3) is 22.2 Å². The third-order valence-electron chi connectivity index (χ3n) is 13.7. The average molecular weight is 1120 g/mol. The number of aromatic nitrogens is 7. The molecule has 4 N–H and O–H groups in total. The van der Waals surface area contributed by atoms with Crippen LogP contribution in [-0.4, -0.2) is 129 Å².